The van der Waals surface area contributed by atoms with Crippen LogP contribution in [0.4, 0.5) is 0 Å². The van der Waals surface area contributed by atoms with Crippen molar-refractivity contribution in [3.63, 3.8) is 0 Å². The van der Waals surface area contributed by atoms with E-state index >= 15 is 0 Å². The van der Waals surface area contributed by atoms with Gasteiger partial charge in [-0.25, -0.2) is 0 Å². The van der Waals surface area contributed by atoms with E-state index in [9.17, 15) is 9.59 Å². The molecule has 0 aliphatic carbocycles. The lowest BCUT2D eigenvalue weighted by Crippen LogP contribution is -2.54. The summed E-state index contributed by atoms with van der Waals surface area (Å²) in [5.74, 6) is 0.222. The summed E-state index contributed by atoms with van der Waals surface area (Å²) in [4.78, 5) is 25.1. The minimum atomic E-state index is -0.474. The quantitative estimate of drug-likeness (QED) is 0.850. The van der Waals surface area contributed by atoms with Crippen LogP contribution in [0.5, 0.6) is 5.75 Å². The standard InChI is InChI=1S/C17H25N3O3/c1-17(2)11-20(9-7-14(17)18)15(21)8-10-23-13-5-3-12(4-6-13)16(19)22/h3-6,14H,7-11,18H2,1-2H3,(H2,19,22). The number of benzene rings is 1. The molecule has 23 heavy (non-hydrogen) atoms. The second-order valence-electron chi connectivity index (χ2n) is 6.69. The van der Waals surface area contributed by atoms with Crippen molar-refractivity contribution in [1.82, 2.24) is 4.90 Å². The first kappa shape index (κ1) is 17.3. The molecule has 1 aromatic rings. The van der Waals surface area contributed by atoms with Crippen molar-refractivity contribution in [3.8, 4) is 5.75 Å². The third-order valence-corrected chi connectivity index (χ3v) is 4.39. The highest BCUT2D eigenvalue weighted by Gasteiger charge is 2.35. The molecule has 1 aliphatic heterocycles. The van der Waals surface area contributed by atoms with E-state index in [0.717, 1.165) is 6.42 Å². The van der Waals surface area contributed by atoms with Gasteiger partial charge in [-0.2, -0.15) is 0 Å². The highest BCUT2D eigenvalue weighted by atomic mass is 16.5. The molecule has 0 bridgehead atoms. The number of primary amides is 1. The fourth-order valence-electron chi connectivity index (χ4n) is 2.72. The van der Waals surface area contributed by atoms with Crippen LogP contribution < -0.4 is 16.2 Å². The molecular formula is C17H25N3O3. The van der Waals surface area contributed by atoms with Crippen molar-refractivity contribution in [2.24, 2.45) is 16.9 Å². The Morgan fingerprint density at radius 3 is 2.52 bits per heavy atom. The van der Waals surface area contributed by atoms with Crippen molar-refractivity contribution in [1.29, 1.82) is 0 Å². The summed E-state index contributed by atoms with van der Waals surface area (Å²) in [5.41, 5.74) is 11.6. The van der Waals surface area contributed by atoms with Gasteiger partial charge < -0.3 is 21.1 Å². The van der Waals surface area contributed by atoms with Crippen molar-refractivity contribution in [3.05, 3.63) is 29.8 Å². The Labute approximate surface area is 136 Å². The molecule has 126 valence electrons. The Kier molecular flexibility index (Phi) is 5.26. The molecule has 1 aromatic carbocycles. The summed E-state index contributed by atoms with van der Waals surface area (Å²) in [6.45, 7) is 5.87. The van der Waals surface area contributed by atoms with Crippen LogP contribution in [0.3, 0.4) is 0 Å². The van der Waals surface area contributed by atoms with Crippen LogP contribution in [0.1, 0.15) is 37.0 Å². The normalized spacial score (nSPS) is 20.1. The molecule has 4 N–H and O–H groups in total. The predicted molar refractivity (Wildman–Crippen MR) is 88.0 cm³/mol. The van der Waals surface area contributed by atoms with Gasteiger partial charge in [-0.15, -0.1) is 0 Å². The second kappa shape index (κ2) is 7.00. The number of amides is 2. The van der Waals surface area contributed by atoms with Gasteiger partial charge in [0.15, 0.2) is 0 Å². The van der Waals surface area contributed by atoms with Crippen molar-refractivity contribution in [2.45, 2.75) is 32.7 Å². The molecule has 1 fully saturated rings. The molecule has 2 rings (SSSR count). The van der Waals surface area contributed by atoms with Crippen LogP contribution in [-0.4, -0.2) is 42.5 Å². The zero-order valence-corrected chi connectivity index (χ0v) is 13.7. The SMILES string of the molecule is CC1(C)CN(C(=O)CCOc2ccc(C(N)=O)cc2)CCC1N. The molecule has 0 saturated carbocycles. The van der Waals surface area contributed by atoms with Gasteiger partial charge in [0.2, 0.25) is 11.8 Å². The van der Waals surface area contributed by atoms with Crippen LogP contribution in [0.15, 0.2) is 24.3 Å². The smallest absolute Gasteiger partial charge is 0.248 e. The van der Waals surface area contributed by atoms with Gasteiger partial charge in [0.1, 0.15) is 5.75 Å². The second-order valence-corrected chi connectivity index (χ2v) is 6.69. The third kappa shape index (κ3) is 4.45. The summed E-state index contributed by atoms with van der Waals surface area (Å²) in [5, 5.41) is 0. The summed E-state index contributed by atoms with van der Waals surface area (Å²) in [6, 6.07) is 6.69. The molecule has 1 heterocycles. The molecule has 1 atom stereocenters. The van der Waals surface area contributed by atoms with E-state index in [-0.39, 0.29) is 17.4 Å². The maximum absolute atomic E-state index is 12.3. The zero-order valence-electron chi connectivity index (χ0n) is 13.7. The van der Waals surface area contributed by atoms with Gasteiger partial charge in [-0.05, 0) is 36.1 Å². The minimum Gasteiger partial charge on any atom is -0.493 e. The number of hydrogen-bond acceptors (Lipinski definition) is 4. The van der Waals surface area contributed by atoms with Gasteiger partial charge in [-0.1, -0.05) is 13.8 Å². The predicted octanol–water partition coefficient (Wildman–Crippen LogP) is 1.14. The van der Waals surface area contributed by atoms with Crippen LogP contribution in [0.2, 0.25) is 0 Å². The fourth-order valence-corrected chi connectivity index (χ4v) is 2.72. The van der Waals surface area contributed by atoms with Gasteiger partial charge >= 0.3 is 0 Å². The van der Waals surface area contributed by atoms with E-state index < -0.39 is 5.91 Å². The topological polar surface area (TPSA) is 98.6 Å². The molecule has 0 aromatic heterocycles. The van der Waals surface area contributed by atoms with E-state index in [4.69, 9.17) is 16.2 Å². The Morgan fingerprint density at radius 1 is 1.30 bits per heavy atom. The van der Waals surface area contributed by atoms with E-state index in [1.165, 1.54) is 0 Å². The third-order valence-electron chi connectivity index (χ3n) is 4.39. The van der Waals surface area contributed by atoms with E-state index in [0.29, 0.717) is 37.4 Å². The number of carbonyl (C=O) groups excluding carboxylic acids is 2. The van der Waals surface area contributed by atoms with Gasteiger partial charge in [0, 0.05) is 24.7 Å². The van der Waals surface area contributed by atoms with Crippen molar-refractivity contribution < 1.29 is 14.3 Å². The summed E-state index contributed by atoms with van der Waals surface area (Å²) < 4.78 is 5.55. The van der Waals surface area contributed by atoms with E-state index in [2.05, 4.69) is 13.8 Å². The Balaban J connectivity index is 1.79. The molecular weight excluding hydrogens is 294 g/mol. The Morgan fingerprint density at radius 2 is 1.96 bits per heavy atom. The number of hydrogen-bond donors (Lipinski definition) is 2. The fraction of sp³-hybridized carbons (Fsp3) is 0.529. The molecule has 0 spiro atoms. The zero-order chi connectivity index (χ0) is 17.0. The minimum absolute atomic E-state index is 0.0562. The van der Waals surface area contributed by atoms with Crippen LogP contribution >= 0.6 is 0 Å². The molecule has 6 nitrogen and oxygen atoms in total. The first-order valence-corrected chi connectivity index (χ1v) is 7.85. The molecule has 1 saturated heterocycles. The molecule has 1 aliphatic rings. The van der Waals surface area contributed by atoms with Crippen LogP contribution in [0, 0.1) is 5.41 Å². The average molecular weight is 319 g/mol. The Hall–Kier alpha value is -2.08. The average Bonchev–Trinajstić information content (AvgIpc) is 2.50. The van der Waals surface area contributed by atoms with Crippen LogP contribution in [0.25, 0.3) is 0 Å². The van der Waals surface area contributed by atoms with Gasteiger partial charge in [0.25, 0.3) is 0 Å². The summed E-state index contributed by atoms with van der Waals surface area (Å²) in [7, 11) is 0. The highest BCUT2D eigenvalue weighted by Crippen LogP contribution is 2.28. The first-order chi connectivity index (χ1) is 10.8. The lowest BCUT2D eigenvalue weighted by molar-refractivity contribution is -0.135. The number of piperidine rings is 1. The highest BCUT2D eigenvalue weighted by molar-refractivity contribution is 5.92. The molecule has 6 heteroatoms. The maximum Gasteiger partial charge on any atom is 0.248 e. The van der Waals surface area contributed by atoms with Crippen molar-refractivity contribution in [2.75, 3.05) is 19.7 Å². The first-order valence-electron chi connectivity index (χ1n) is 7.85. The number of nitrogens with zero attached hydrogens (tertiary/aromatic N) is 1. The molecule has 1 unspecified atom stereocenters. The van der Waals surface area contributed by atoms with Crippen LogP contribution in [-0.2, 0) is 4.79 Å². The summed E-state index contributed by atoms with van der Waals surface area (Å²) in [6.07, 6.45) is 1.15. The van der Waals surface area contributed by atoms with E-state index in [1.807, 2.05) is 4.90 Å². The number of ether oxygens (including phenoxy) is 1. The summed E-state index contributed by atoms with van der Waals surface area (Å²) >= 11 is 0. The van der Waals surface area contributed by atoms with Gasteiger partial charge in [0.05, 0.1) is 13.0 Å². The van der Waals surface area contributed by atoms with E-state index in [1.54, 1.807) is 24.3 Å². The van der Waals surface area contributed by atoms with Crippen molar-refractivity contribution >= 4 is 11.8 Å². The molecule has 0 radical (unpaired) electrons. The number of likely N-dealkylation sites (tertiary alicyclic amines) is 1. The number of rotatable bonds is 5. The maximum atomic E-state index is 12.3. The number of nitrogens with two attached hydrogens (primary N) is 2. The largest absolute Gasteiger partial charge is 0.493 e. The Bertz CT molecular complexity index is 569. The lowest BCUT2D eigenvalue weighted by Gasteiger charge is -2.42. The van der Waals surface area contributed by atoms with Gasteiger partial charge in [-0.3, -0.25) is 9.59 Å². The molecule has 2 amide bonds. The monoisotopic (exact) mass is 319 g/mol. The number of carbonyl (C=O) groups is 2. The lowest BCUT2D eigenvalue weighted by atomic mass is 9.79.